The molecule has 0 aliphatic carbocycles. The Bertz CT molecular complexity index is 473. The van der Waals surface area contributed by atoms with Crippen LogP contribution in [0.4, 0.5) is 0 Å². The lowest BCUT2D eigenvalue weighted by atomic mass is 10.0. The molecule has 5 nitrogen and oxygen atoms in total. The van der Waals surface area contributed by atoms with E-state index in [0.717, 1.165) is 36.8 Å². The van der Waals surface area contributed by atoms with Crippen molar-refractivity contribution in [3.63, 3.8) is 0 Å². The molecule has 1 amide bonds. The summed E-state index contributed by atoms with van der Waals surface area (Å²) in [6, 6.07) is 6.05. The van der Waals surface area contributed by atoms with Crippen LogP contribution in [0.15, 0.2) is 18.2 Å². The summed E-state index contributed by atoms with van der Waals surface area (Å²) in [7, 11) is 0. The molecular weight excluding hydrogens is 280 g/mol. The summed E-state index contributed by atoms with van der Waals surface area (Å²) in [4.78, 5) is 20.6. The number of aliphatic carboxylic acids is 1. The van der Waals surface area contributed by atoms with Gasteiger partial charge < -0.3 is 16.6 Å². The lowest BCUT2D eigenvalue weighted by molar-refractivity contribution is -0.137. The zero-order valence-corrected chi connectivity index (χ0v) is 13.6. The van der Waals surface area contributed by atoms with Crippen LogP contribution in [0.25, 0.3) is 0 Å². The van der Waals surface area contributed by atoms with Crippen LogP contribution in [-0.4, -0.2) is 23.5 Å². The molecule has 0 radical (unpaired) electrons. The maximum atomic E-state index is 10.7. The summed E-state index contributed by atoms with van der Waals surface area (Å²) in [5, 5.41) is 8.14. The van der Waals surface area contributed by atoms with Crippen LogP contribution in [0.1, 0.15) is 49.3 Å². The third-order valence-electron chi connectivity index (χ3n) is 3.00. The third-order valence-corrected chi connectivity index (χ3v) is 3.00. The van der Waals surface area contributed by atoms with Gasteiger partial charge in [-0.05, 0) is 37.4 Å². The fourth-order valence-electron chi connectivity index (χ4n) is 2.09. The molecule has 0 aromatic heterocycles. The minimum atomic E-state index is -0.682. The Kier molecular flexibility index (Phi) is 10.7. The minimum Gasteiger partial charge on any atom is -0.481 e. The van der Waals surface area contributed by atoms with Gasteiger partial charge in [0.2, 0.25) is 5.91 Å². The maximum Gasteiger partial charge on any atom is 0.303 e. The highest BCUT2D eigenvalue weighted by molar-refractivity contribution is 5.76. The average molecular weight is 308 g/mol. The number of carbonyl (C=O) groups is 2. The third kappa shape index (κ3) is 10.9. The number of primary amides is 1. The molecule has 0 bridgehead atoms. The normalized spacial score (nSPS) is 9.77. The van der Waals surface area contributed by atoms with E-state index in [1.165, 1.54) is 5.56 Å². The van der Waals surface area contributed by atoms with Crippen molar-refractivity contribution in [2.45, 2.75) is 52.4 Å². The molecule has 0 saturated carbocycles. The summed E-state index contributed by atoms with van der Waals surface area (Å²) >= 11 is 0. The molecule has 0 saturated heterocycles. The van der Waals surface area contributed by atoms with Crippen molar-refractivity contribution in [3.8, 4) is 0 Å². The molecule has 1 rings (SSSR count). The van der Waals surface area contributed by atoms with Gasteiger partial charge in [-0.1, -0.05) is 43.5 Å². The number of carboxylic acid groups (broad SMARTS) is 1. The molecule has 22 heavy (non-hydrogen) atoms. The molecule has 0 spiro atoms. The lowest BCUT2D eigenvalue weighted by Crippen LogP contribution is -2.14. The van der Waals surface area contributed by atoms with Gasteiger partial charge in [0.15, 0.2) is 0 Å². The van der Waals surface area contributed by atoms with E-state index in [1.54, 1.807) is 0 Å². The number of carbonyl (C=O) groups excluding carboxylic acids is 1. The SMILES string of the molecule is CCCCCC(=O)O.Cc1cc(CCN)cc(CC(N)=O)c1. The van der Waals surface area contributed by atoms with E-state index in [2.05, 4.69) is 13.0 Å². The van der Waals surface area contributed by atoms with Crippen LogP contribution < -0.4 is 11.5 Å². The molecule has 124 valence electrons. The summed E-state index contributed by atoms with van der Waals surface area (Å²) in [6.07, 6.45) is 4.42. The Morgan fingerprint density at radius 1 is 1.14 bits per heavy atom. The van der Waals surface area contributed by atoms with Gasteiger partial charge in [-0.25, -0.2) is 0 Å². The van der Waals surface area contributed by atoms with Crippen LogP contribution in [0.5, 0.6) is 0 Å². The Hall–Kier alpha value is -1.88. The van der Waals surface area contributed by atoms with Crippen LogP contribution in [0.3, 0.4) is 0 Å². The fraction of sp³-hybridized carbons (Fsp3) is 0.529. The number of hydrogen-bond donors (Lipinski definition) is 3. The largest absolute Gasteiger partial charge is 0.481 e. The van der Waals surface area contributed by atoms with Gasteiger partial charge in [0.1, 0.15) is 0 Å². The highest BCUT2D eigenvalue weighted by Gasteiger charge is 2.01. The Labute approximate surface area is 132 Å². The van der Waals surface area contributed by atoms with Gasteiger partial charge in [0.05, 0.1) is 6.42 Å². The lowest BCUT2D eigenvalue weighted by Gasteiger charge is -2.05. The van der Waals surface area contributed by atoms with Crippen molar-refractivity contribution in [1.29, 1.82) is 0 Å². The fourth-order valence-corrected chi connectivity index (χ4v) is 2.09. The zero-order valence-electron chi connectivity index (χ0n) is 13.6. The molecule has 0 unspecified atom stereocenters. The molecule has 1 aromatic rings. The quantitative estimate of drug-likeness (QED) is 0.640. The first-order valence-corrected chi connectivity index (χ1v) is 7.68. The summed E-state index contributed by atoms with van der Waals surface area (Å²) < 4.78 is 0. The predicted molar refractivity (Wildman–Crippen MR) is 88.6 cm³/mol. The smallest absolute Gasteiger partial charge is 0.303 e. The first-order chi connectivity index (χ1) is 10.4. The maximum absolute atomic E-state index is 10.7. The molecule has 5 N–H and O–H groups in total. The van der Waals surface area contributed by atoms with Gasteiger partial charge in [0.25, 0.3) is 0 Å². The number of rotatable bonds is 8. The second-order valence-corrected chi connectivity index (χ2v) is 5.36. The standard InChI is InChI=1S/C11H16N2O.C6H12O2/c1-8-4-9(2-3-12)6-10(5-8)7-11(13)14;1-2-3-4-5-6(7)8/h4-6H,2-3,7,12H2,1H3,(H2,13,14);2-5H2,1H3,(H,7,8). The number of unbranched alkanes of at least 4 members (excludes halogenated alkanes) is 2. The number of amides is 1. The highest BCUT2D eigenvalue weighted by atomic mass is 16.4. The van der Waals surface area contributed by atoms with E-state index < -0.39 is 5.97 Å². The van der Waals surface area contributed by atoms with E-state index in [0.29, 0.717) is 19.4 Å². The highest BCUT2D eigenvalue weighted by Crippen LogP contribution is 2.10. The number of aryl methyl sites for hydroxylation is 1. The summed E-state index contributed by atoms with van der Waals surface area (Å²) in [5.41, 5.74) is 13.9. The van der Waals surface area contributed by atoms with Gasteiger partial charge in [0, 0.05) is 6.42 Å². The van der Waals surface area contributed by atoms with Crippen molar-refractivity contribution in [2.75, 3.05) is 6.54 Å². The molecule has 0 heterocycles. The number of hydrogen-bond acceptors (Lipinski definition) is 3. The number of carboxylic acids is 1. The van der Waals surface area contributed by atoms with Crippen LogP contribution in [0, 0.1) is 6.92 Å². The first kappa shape index (κ1) is 20.1. The van der Waals surface area contributed by atoms with Gasteiger partial charge in [-0.3, -0.25) is 9.59 Å². The molecule has 0 fully saturated rings. The Morgan fingerprint density at radius 3 is 2.27 bits per heavy atom. The summed E-state index contributed by atoms with van der Waals surface area (Å²) in [5.74, 6) is -0.979. The molecule has 0 aliphatic heterocycles. The second kappa shape index (κ2) is 11.7. The minimum absolute atomic E-state index is 0.297. The van der Waals surface area contributed by atoms with E-state index in [9.17, 15) is 9.59 Å². The van der Waals surface area contributed by atoms with E-state index in [-0.39, 0.29) is 5.91 Å². The molecular formula is C17H28N2O3. The molecule has 0 atom stereocenters. The van der Waals surface area contributed by atoms with Crippen molar-refractivity contribution in [3.05, 3.63) is 34.9 Å². The van der Waals surface area contributed by atoms with Crippen molar-refractivity contribution < 1.29 is 14.7 Å². The molecule has 5 heteroatoms. The van der Waals surface area contributed by atoms with Crippen molar-refractivity contribution in [2.24, 2.45) is 11.5 Å². The Morgan fingerprint density at radius 2 is 1.77 bits per heavy atom. The van der Waals surface area contributed by atoms with Crippen LogP contribution in [0.2, 0.25) is 0 Å². The van der Waals surface area contributed by atoms with Gasteiger partial charge >= 0.3 is 5.97 Å². The van der Waals surface area contributed by atoms with Crippen molar-refractivity contribution >= 4 is 11.9 Å². The topological polar surface area (TPSA) is 106 Å². The zero-order chi connectivity index (χ0) is 17.0. The van der Waals surface area contributed by atoms with Crippen LogP contribution >= 0.6 is 0 Å². The Balaban J connectivity index is 0.000000472. The number of benzene rings is 1. The summed E-state index contributed by atoms with van der Waals surface area (Å²) in [6.45, 7) is 4.69. The molecule has 0 aliphatic rings. The van der Waals surface area contributed by atoms with Gasteiger partial charge in [-0.15, -0.1) is 0 Å². The van der Waals surface area contributed by atoms with E-state index in [4.69, 9.17) is 16.6 Å². The second-order valence-electron chi connectivity index (χ2n) is 5.36. The van der Waals surface area contributed by atoms with E-state index >= 15 is 0 Å². The van der Waals surface area contributed by atoms with E-state index in [1.807, 2.05) is 19.1 Å². The molecule has 1 aromatic carbocycles. The van der Waals surface area contributed by atoms with Crippen LogP contribution in [-0.2, 0) is 22.4 Å². The average Bonchev–Trinajstić information content (AvgIpc) is 2.38. The number of nitrogens with two attached hydrogens (primary N) is 2. The van der Waals surface area contributed by atoms with Crippen molar-refractivity contribution in [1.82, 2.24) is 0 Å². The van der Waals surface area contributed by atoms with Gasteiger partial charge in [-0.2, -0.15) is 0 Å². The predicted octanol–water partition coefficient (Wildman–Crippen LogP) is 2.18. The first-order valence-electron chi connectivity index (χ1n) is 7.68. The monoisotopic (exact) mass is 308 g/mol.